The topological polar surface area (TPSA) is 28.1 Å². The lowest BCUT2D eigenvalue weighted by Gasteiger charge is -2.18. The van der Waals surface area contributed by atoms with Gasteiger partial charge in [0.05, 0.1) is 11.5 Å². The van der Waals surface area contributed by atoms with Crippen LogP contribution in [0.2, 0.25) is 0 Å². The van der Waals surface area contributed by atoms with E-state index in [1.54, 1.807) is 0 Å². The lowest BCUT2D eigenvalue weighted by atomic mass is 9.86. The van der Waals surface area contributed by atoms with Crippen LogP contribution in [0.15, 0.2) is 53.0 Å². The molecule has 0 radical (unpaired) electrons. The maximum Gasteiger partial charge on any atom is 0.0739 e. The van der Waals surface area contributed by atoms with E-state index in [2.05, 4.69) is 75.2 Å². The lowest BCUT2D eigenvalue weighted by molar-refractivity contribution is 0.726. The van der Waals surface area contributed by atoms with E-state index in [1.807, 2.05) is 0 Å². The Bertz CT molecular complexity index is 794. The smallest absolute Gasteiger partial charge is 0.0739 e. The zero-order chi connectivity index (χ0) is 15.5. The van der Waals surface area contributed by atoms with Crippen LogP contribution in [0.1, 0.15) is 36.4 Å². The molecule has 0 amide bonds. The summed E-state index contributed by atoms with van der Waals surface area (Å²) in [6, 6.07) is 13.5. The normalized spacial score (nSPS) is 29.6. The highest BCUT2D eigenvalue weighted by molar-refractivity contribution is 5.95. The Morgan fingerprint density at radius 2 is 1.77 bits per heavy atom. The van der Waals surface area contributed by atoms with E-state index in [9.17, 15) is 0 Å². The second-order valence-electron chi connectivity index (χ2n) is 6.83. The summed E-state index contributed by atoms with van der Waals surface area (Å²) in [6.07, 6.45) is 2.25. The Morgan fingerprint density at radius 1 is 1.05 bits per heavy atom. The summed E-state index contributed by atoms with van der Waals surface area (Å²) in [6.45, 7) is 8.72. The van der Waals surface area contributed by atoms with Crippen molar-refractivity contribution < 1.29 is 0 Å². The van der Waals surface area contributed by atoms with Crippen molar-refractivity contribution in [3.8, 4) is 0 Å². The third-order valence-electron chi connectivity index (χ3n) is 5.25. The van der Waals surface area contributed by atoms with E-state index in [0.29, 0.717) is 12.0 Å². The van der Waals surface area contributed by atoms with Gasteiger partial charge in [0.15, 0.2) is 0 Å². The summed E-state index contributed by atoms with van der Waals surface area (Å²) in [5.41, 5.74) is 7.88. The molecule has 3 atom stereocenters. The van der Waals surface area contributed by atoms with Crippen LogP contribution in [0.4, 0.5) is 0 Å². The molecule has 2 aromatic rings. The van der Waals surface area contributed by atoms with Gasteiger partial charge in [-0.1, -0.05) is 35.9 Å². The van der Waals surface area contributed by atoms with Gasteiger partial charge in [-0.25, -0.2) is 0 Å². The molecule has 0 saturated heterocycles. The largest absolute Gasteiger partial charge is 0.361 e. The van der Waals surface area contributed by atoms with Gasteiger partial charge >= 0.3 is 0 Å². The Morgan fingerprint density at radius 3 is 2.41 bits per heavy atom. The van der Waals surface area contributed by atoms with Crippen molar-refractivity contribution in [2.24, 2.45) is 10.9 Å². The standard InChI is InChI=1S/C20H22N2/c1-12-10-14(3)22-19-17(12)20(19,16-8-6-5-7-9-16)18-13(2)11-15(4)21-18/h5-11,17,19,21H,1-4H3. The number of allylic oxidation sites excluding steroid dienone is 1. The van der Waals surface area contributed by atoms with E-state index in [4.69, 9.17) is 4.99 Å². The molecular weight excluding hydrogens is 268 g/mol. The van der Waals surface area contributed by atoms with Crippen LogP contribution in [0, 0.1) is 19.8 Å². The first kappa shape index (κ1) is 13.6. The molecule has 1 N–H and O–H groups in total. The highest BCUT2D eigenvalue weighted by Gasteiger charge is 2.69. The van der Waals surface area contributed by atoms with Crippen molar-refractivity contribution in [3.05, 3.63) is 70.6 Å². The average molecular weight is 290 g/mol. The first-order valence-corrected chi connectivity index (χ1v) is 8.00. The number of aryl methyl sites for hydroxylation is 2. The maximum absolute atomic E-state index is 4.98. The highest BCUT2D eigenvalue weighted by Crippen LogP contribution is 2.64. The maximum atomic E-state index is 4.98. The Balaban J connectivity index is 1.97. The number of benzene rings is 1. The molecule has 0 spiro atoms. The molecule has 0 bridgehead atoms. The summed E-state index contributed by atoms with van der Waals surface area (Å²) in [5, 5.41) is 0. The molecule has 1 fully saturated rings. The second kappa shape index (κ2) is 4.45. The third-order valence-corrected chi connectivity index (χ3v) is 5.25. The number of dihydropyridines is 1. The number of aromatic nitrogens is 1. The summed E-state index contributed by atoms with van der Waals surface area (Å²) >= 11 is 0. The molecular formula is C20H22N2. The number of hydrogen-bond acceptors (Lipinski definition) is 1. The van der Waals surface area contributed by atoms with Crippen LogP contribution >= 0.6 is 0 Å². The lowest BCUT2D eigenvalue weighted by Crippen LogP contribution is -2.17. The molecule has 1 aliphatic heterocycles. The van der Waals surface area contributed by atoms with Crippen LogP contribution in [-0.2, 0) is 5.41 Å². The molecule has 1 aromatic heterocycles. The number of nitrogens with zero attached hydrogens (tertiary/aromatic N) is 1. The van der Waals surface area contributed by atoms with E-state index in [-0.39, 0.29) is 5.41 Å². The highest BCUT2D eigenvalue weighted by atomic mass is 15.0. The number of nitrogens with one attached hydrogen (secondary N) is 1. The minimum atomic E-state index is -0.0159. The van der Waals surface area contributed by atoms with Gasteiger partial charge in [0.2, 0.25) is 0 Å². The second-order valence-corrected chi connectivity index (χ2v) is 6.83. The van der Waals surface area contributed by atoms with Crippen molar-refractivity contribution in [3.63, 3.8) is 0 Å². The number of aromatic amines is 1. The summed E-state index contributed by atoms with van der Waals surface area (Å²) in [7, 11) is 0. The molecule has 2 aliphatic rings. The Labute approximate surface area is 132 Å². The van der Waals surface area contributed by atoms with E-state index in [1.165, 1.54) is 28.1 Å². The number of H-pyrrole nitrogens is 1. The van der Waals surface area contributed by atoms with Crippen LogP contribution in [0.3, 0.4) is 0 Å². The van der Waals surface area contributed by atoms with Crippen molar-refractivity contribution >= 4 is 5.71 Å². The number of hydrogen-bond donors (Lipinski definition) is 1. The Hall–Kier alpha value is -2.09. The zero-order valence-corrected chi connectivity index (χ0v) is 13.6. The van der Waals surface area contributed by atoms with E-state index in [0.717, 1.165) is 5.71 Å². The van der Waals surface area contributed by atoms with Gasteiger partial charge in [-0.2, -0.15) is 0 Å². The zero-order valence-electron chi connectivity index (χ0n) is 13.6. The fourth-order valence-electron chi connectivity index (χ4n) is 4.50. The molecule has 2 nitrogen and oxygen atoms in total. The summed E-state index contributed by atoms with van der Waals surface area (Å²) in [5.74, 6) is 0.482. The van der Waals surface area contributed by atoms with Gasteiger partial charge in [0.25, 0.3) is 0 Å². The van der Waals surface area contributed by atoms with Gasteiger partial charge in [0.1, 0.15) is 0 Å². The van der Waals surface area contributed by atoms with Crippen LogP contribution in [-0.4, -0.2) is 16.7 Å². The predicted molar refractivity (Wildman–Crippen MR) is 91.6 cm³/mol. The molecule has 3 unspecified atom stereocenters. The van der Waals surface area contributed by atoms with Crippen LogP contribution < -0.4 is 0 Å². The van der Waals surface area contributed by atoms with Gasteiger partial charge in [-0.3, -0.25) is 4.99 Å². The van der Waals surface area contributed by atoms with Crippen LogP contribution in [0.5, 0.6) is 0 Å². The van der Waals surface area contributed by atoms with Gasteiger partial charge in [0, 0.05) is 23.0 Å². The Kier molecular flexibility index (Phi) is 2.75. The molecule has 2 heteroatoms. The van der Waals surface area contributed by atoms with E-state index >= 15 is 0 Å². The first-order valence-electron chi connectivity index (χ1n) is 8.00. The van der Waals surface area contributed by atoms with Crippen molar-refractivity contribution in [1.82, 2.24) is 4.98 Å². The molecule has 112 valence electrons. The van der Waals surface area contributed by atoms with E-state index < -0.39 is 0 Å². The molecule has 1 aliphatic carbocycles. The van der Waals surface area contributed by atoms with Gasteiger partial charge in [-0.15, -0.1) is 0 Å². The monoisotopic (exact) mass is 290 g/mol. The van der Waals surface area contributed by atoms with Crippen molar-refractivity contribution in [1.29, 1.82) is 0 Å². The number of fused-ring (bicyclic) bond motifs is 1. The molecule has 4 rings (SSSR count). The number of aliphatic imine (C=N–C) groups is 1. The molecule has 1 saturated carbocycles. The number of rotatable bonds is 2. The quantitative estimate of drug-likeness (QED) is 0.852. The SMILES string of the molecule is CC1=CC(C)=NC2C1C2(c1ccccc1)c1[nH]c(C)cc1C. The minimum absolute atomic E-state index is 0.0159. The van der Waals surface area contributed by atoms with Crippen LogP contribution in [0.25, 0.3) is 0 Å². The summed E-state index contributed by atoms with van der Waals surface area (Å²) < 4.78 is 0. The molecule has 22 heavy (non-hydrogen) atoms. The van der Waals surface area contributed by atoms with Crippen molar-refractivity contribution in [2.45, 2.75) is 39.2 Å². The third kappa shape index (κ3) is 1.64. The van der Waals surface area contributed by atoms with Crippen molar-refractivity contribution in [2.75, 3.05) is 0 Å². The average Bonchev–Trinajstić information content (AvgIpc) is 3.03. The minimum Gasteiger partial charge on any atom is -0.361 e. The fourth-order valence-corrected chi connectivity index (χ4v) is 4.50. The first-order chi connectivity index (χ1) is 10.5. The van der Waals surface area contributed by atoms with Gasteiger partial charge < -0.3 is 4.98 Å². The van der Waals surface area contributed by atoms with Gasteiger partial charge in [-0.05, 0) is 51.0 Å². The molecule has 2 heterocycles. The summed E-state index contributed by atoms with van der Waals surface area (Å²) in [4.78, 5) is 8.63. The predicted octanol–water partition coefficient (Wildman–Crippen LogP) is 4.34. The molecule has 1 aromatic carbocycles. The fraction of sp³-hybridized carbons (Fsp3) is 0.350.